The zero-order chi connectivity index (χ0) is 11.3. The number of unbranched alkanes of at least 4 members (excludes halogenated alkanes) is 2. The molecule has 0 fully saturated rings. The van der Waals surface area contributed by atoms with Crippen molar-refractivity contribution in [2.75, 3.05) is 0 Å². The third-order valence-corrected chi connectivity index (χ3v) is 3.34. The van der Waals surface area contributed by atoms with E-state index in [4.69, 9.17) is 5.73 Å². The highest BCUT2D eigenvalue weighted by Gasteiger charge is 2.11. The largest absolute Gasteiger partial charge is 0.324 e. The van der Waals surface area contributed by atoms with Crippen molar-refractivity contribution in [1.82, 2.24) is 0 Å². The highest BCUT2D eigenvalue weighted by Crippen LogP contribution is 2.27. The Labute approximate surface area is 111 Å². The van der Waals surface area contributed by atoms with Gasteiger partial charge in [0.15, 0.2) is 0 Å². The molecule has 16 heavy (non-hydrogen) atoms. The number of hydrogen-bond donors (Lipinski definition) is 1. The molecule has 0 amide bonds. The van der Waals surface area contributed by atoms with E-state index in [0.717, 1.165) is 18.4 Å². The SMILES string of the molecule is CCCCC[C@@H](N)c1cccc(F)c1Br.Cl. The first-order chi connectivity index (χ1) is 7.16. The first kappa shape index (κ1) is 15.9. The standard InChI is InChI=1S/C12H17BrFN.ClH/c1-2-3-4-8-11(15)9-6-5-7-10(14)12(9)13;/h5-7,11H,2-4,8,15H2,1H3;1H/t11-;/m1./s1. The van der Waals surface area contributed by atoms with Crippen molar-refractivity contribution in [3.8, 4) is 0 Å². The first-order valence-corrected chi connectivity index (χ1v) is 6.15. The van der Waals surface area contributed by atoms with Crippen LogP contribution >= 0.6 is 28.3 Å². The number of rotatable bonds is 5. The molecule has 2 N–H and O–H groups in total. The van der Waals surface area contributed by atoms with Gasteiger partial charge in [-0.1, -0.05) is 38.3 Å². The van der Waals surface area contributed by atoms with Crippen LogP contribution in [0.5, 0.6) is 0 Å². The van der Waals surface area contributed by atoms with Crippen LogP contribution in [0, 0.1) is 5.82 Å². The number of nitrogens with two attached hydrogens (primary N) is 1. The molecular weight excluding hydrogens is 292 g/mol. The lowest BCUT2D eigenvalue weighted by Gasteiger charge is -2.13. The van der Waals surface area contributed by atoms with E-state index < -0.39 is 0 Å². The molecular formula is C12H18BrClFN. The average molecular weight is 311 g/mol. The van der Waals surface area contributed by atoms with Gasteiger partial charge in [-0.3, -0.25) is 0 Å². The summed E-state index contributed by atoms with van der Waals surface area (Å²) in [5.41, 5.74) is 6.88. The molecule has 0 aliphatic heterocycles. The van der Waals surface area contributed by atoms with E-state index in [2.05, 4.69) is 22.9 Å². The molecule has 0 radical (unpaired) electrons. The summed E-state index contributed by atoms with van der Waals surface area (Å²) in [7, 11) is 0. The molecule has 1 atom stereocenters. The molecule has 0 aliphatic carbocycles. The van der Waals surface area contributed by atoms with Gasteiger partial charge in [0.2, 0.25) is 0 Å². The van der Waals surface area contributed by atoms with Crippen molar-refractivity contribution in [2.45, 2.75) is 38.6 Å². The predicted octanol–water partition coefficient (Wildman–Crippen LogP) is 4.59. The van der Waals surface area contributed by atoms with Gasteiger partial charge in [0, 0.05) is 6.04 Å². The van der Waals surface area contributed by atoms with Crippen LogP contribution in [-0.4, -0.2) is 0 Å². The van der Waals surface area contributed by atoms with Crippen LogP contribution in [-0.2, 0) is 0 Å². The van der Waals surface area contributed by atoms with Crippen LogP contribution in [0.3, 0.4) is 0 Å². The summed E-state index contributed by atoms with van der Waals surface area (Å²) >= 11 is 3.23. The molecule has 4 heteroatoms. The molecule has 0 aromatic heterocycles. The fourth-order valence-corrected chi connectivity index (χ4v) is 2.13. The van der Waals surface area contributed by atoms with E-state index in [1.165, 1.54) is 18.9 Å². The number of benzene rings is 1. The average Bonchev–Trinajstić information content (AvgIpc) is 2.22. The van der Waals surface area contributed by atoms with Crippen molar-refractivity contribution >= 4 is 28.3 Å². The van der Waals surface area contributed by atoms with Crippen LogP contribution in [0.25, 0.3) is 0 Å². The molecule has 0 saturated carbocycles. The fourth-order valence-electron chi connectivity index (χ4n) is 1.58. The van der Waals surface area contributed by atoms with E-state index in [1.807, 2.05) is 6.07 Å². The Morgan fingerprint density at radius 2 is 2.06 bits per heavy atom. The highest BCUT2D eigenvalue weighted by atomic mass is 79.9. The lowest BCUT2D eigenvalue weighted by Crippen LogP contribution is -2.11. The second kappa shape index (κ2) is 8.04. The van der Waals surface area contributed by atoms with Gasteiger partial charge < -0.3 is 5.73 Å². The zero-order valence-electron chi connectivity index (χ0n) is 9.38. The molecule has 1 rings (SSSR count). The Bertz CT molecular complexity index is 320. The maximum Gasteiger partial charge on any atom is 0.137 e. The van der Waals surface area contributed by atoms with Crippen LogP contribution in [0.1, 0.15) is 44.2 Å². The Balaban J connectivity index is 0.00000225. The van der Waals surface area contributed by atoms with Crippen LogP contribution < -0.4 is 5.73 Å². The zero-order valence-corrected chi connectivity index (χ0v) is 11.8. The predicted molar refractivity (Wildman–Crippen MR) is 72.4 cm³/mol. The minimum Gasteiger partial charge on any atom is -0.324 e. The van der Waals surface area contributed by atoms with Crippen molar-refractivity contribution in [3.05, 3.63) is 34.1 Å². The van der Waals surface area contributed by atoms with Crippen molar-refractivity contribution < 1.29 is 4.39 Å². The smallest absolute Gasteiger partial charge is 0.137 e. The highest BCUT2D eigenvalue weighted by molar-refractivity contribution is 9.10. The van der Waals surface area contributed by atoms with Crippen LogP contribution in [0.15, 0.2) is 22.7 Å². The molecule has 1 aromatic rings. The van der Waals surface area contributed by atoms with E-state index in [1.54, 1.807) is 6.07 Å². The monoisotopic (exact) mass is 309 g/mol. The Morgan fingerprint density at radius 3 is 2.69 bits per heavy atom. The topological polar surface area (TPSA) is 26.0 Å². The lowest BCUT2D eigenvalue weighted by molar-refractivity contribution is 0.568. The Hall–Kier alpha value is -0.120. The summed E-state index contributed by atoms with van der Waals surface area (Å²) < 4.78 is 13.7. The third kappa shape index (κ3) is 4.40. The molecule has 0 aliphatic rings. The molecule has 1 nitrogen and oxygen atoms in total. The fraction of sp³-hybridized carbons (Fsp3) is 0.500. The minimum atomic E-state index is -0.238. The second-order valence-electron chi connectivity index (χ2n) is 3.75. The maximum absolute atomic E-state index is 13.2. The maximum atomic E-state index is 13.2. The van der Waals surface area contributed by atoms with Gasteiger partial charge in [0.25, 0.3) is 0 Å². The summed E-state index contributed by atoms with van der Waals surface area (Å²) in [6, 6.07) is 4.95. The van der Waals surface area contributed by atoms with E-state index in [0.29, 0.717) is 4.47 Å². The molecule has 0 heterocycles. The van der Waals surface area contributed by atoms with Gasteiger partial charge in [0.05, 0.1) is 4.47 Å². The van der Waals surface area contributed by atoms with Crippen molar-refractivity contribution in [1.29, 1.82) is 0 Å². The summed E-state index contributed by atoms with van der Waals surface area (Å²) in [5.74, 6) is -0.238. The number of halogens is 3. The van der Waals surface area contributed by atoms with Gasteiger partial charge in [-0.15, -0.1) is 12.4 Å². The van der Waals surface area contributed by atoms with Crippen molar-refractivity contribution in [2.24, 2.45) is 5.73 Å². The van der Waals surface area contributed by atoms with Gasteiger partial charge >= 0.3 is 0 Å². The van der Waals surface area contributed by atoms with Gasteiger partial charge in [-0.05, 0) is 34.0 Å². The van der Waals surface area contributed by atoms with Gasteiger partial charge in [0.1, 0.15) is 5.82 Å². The van der Waals surface area contributed by atoms with Crippen LogP contribution in [0.4, 0.5) is 4.39 Å². The Kier molecular flexibility index (Phi) is 7.98. The summed E-state index contributed by atoms with van der Waals surface area (Å²) in [6.45, 7) is 2.16. The summed E-state index contributed by atoms with van der Waals surface area (Å²) in [6.07, 6.45) is 4.37. The van der Waals surface area contributed by atoms with Gasteiger partial charge in [-0.2, -0.15) is 0 Å². The van der Waals surface area contributed by atoms with E-state index in [9.17, 15) is 4.39 Å². The summed E-state index contributed by atoms with van der Waals surface area (Å²) in [4.78, 5) is 0. The molecule has 0 bridgehead atoms. The normalized spacial score (nSPS) is 12.0. The second-order valence-corrected chi connectivity index (χ2v) is 4.54. The van der Waals surface area contributed by atoms with E-state index >= 15 is 0 Å². The quantitative estimate of drug-likeness (QED) is 0.791. The minimum absolute atomic E-state index is 0. The molecule has 1 aromatic carbocycles. The first-order valence-electron chi connectivity index (χ1n) is 5.36. The Morgan fingerprint density at radius 1 is 1.38 bits per heavy atom. The van der Waals surface area contributed by atoms with Crippen LogP contribution in [0.2, 0.25) is 0 Å². The van der Waals surface area contributed by atoms with Crippen molar-refractivity contribution in [3.63, 3.8) is 0 Å². The molecule has 92 valence electrons. The van der Waals surface area contributed by atoms with E-state index in [-0.39, 0.29) is 24.3 Å². The molecule has 0 spiro atoms. The summed E-state index contributed by atoms with van der Waals surface area (Å²) in [5, 5.41) is 0. The number of hydrogen-bond acceptors (Lipinski definition) is 1. The lowest BCUT2D eigenvalue weighted by atomic mass is 10.0. The molecule has 0 saturated heterocycles. The third-order valence-electron chi connectivity index (χ3n) is 2.50. The molecule has 0 unspecified atom stereocenters. The van der Waals surface area contributed by atoms with Gasteiger partial charge in [-0.25, -0.2) is 4.39 Å².